The molecule has 0 saturated carbocycles. The van der Waals surface area contributed by atoms with Gasteiger partial charge in [0, 0.05) is 40.4 Å². The molecule has 0 saturated heterocycles. The van der Waals surface area contributed by atoms with Crippen LogP contribution in [0.5, 0.6) is 0 Å². The molecule has 3 aromatic heterocycles. The first-order chi connectivity index (χ1) is 14.5. The van der Waals surface area contributed by atoms with Crippen molar-refractivity contribution in [3.8, 4) is 0 Å². The van der Waals surface area contributed by atoms with Gasteiger partial charge in [-0.05, 0) is 30.7 Å². The van der Waals surface area contributed by atoms with Crippen molar-refractivity contribution in [3.05, 3.63) is 63.8 Å². The van der Waals surface area contributed by atoms with Crippen molar-refractivity contribution in [1.82, 2.24) is 14.4 Å². The van der Waals surface area contributed by atoms with Gasteiger partial charge < -0.3 is 13.9 Å². The Kier molecular flexibility index (Phi) is 11.0. The molecule has 0 bridgehead atoms. The third kappa shape index (κ3) is 10.8. The van der Waals surface area contributed by atoms with E-state index in [4.69, 9.17) is 0 Å². The fraction of sp³-hybridized carbons (Fsp3) is 0.211. The third-order valence-corrected chi connectivity index (χ3v) is 4.13. The number of rotatable bonds is 3. The molecule has 31 heavy (non-hydrogen) atoms. The average Bonchev–Trinajstić information content (AvgIpc) is 3.14. The van der Waals surface area contributed by atoms with E-state index in [1.807, 2.05) is 41.1 Å². The molecular formula is C19H16Br2F3N3O4. The van der Waals surface area contributed by atoms with Gasteiger partial charge in [-0.15, -0.1) is 0 Å². The minimum absolute atomic E-state index is 0.545. The highest BCUT2D eigenvalue weighted by Gasteiger charge is 2.41. The molecule has 3 aromatic rings. The maximum absolute atomic E-state index is 11.2. The zero-order valence-corrected chi connectivity index (χ0v) is 19.1. The van der Waals surface area contributed by atoms with Crippen LogP contribution in [0, 0.1) is 0 Å². The van der Waals surface area contributed by atoms with Crippen LogP contribution in [0.1, 0.15) is 19.0 Å². The van der Waals surface area contributed by atoms with E-state index in [2.05, 4.69) is 46.6 Å². The van der Waals surface area contributed by atoms with Gasteiger partial charge in [0.05, 0.1) is 18.0 Å². The second-order valence-corrected chi connectivity index (χ2v) is 7.45. The molecule has 3 rings (SSSR count). The molecule has 166 valence electrons. The lowest BCUT2D eigenvalue weighted by Crippen LogP contribution is -2.26. The van der Waals surface area contributed by atoms with Crippen molar-refractivity contribution in [2.75, 3.05) is 0 Å². The normalized spacial score (nSPS) is 10.3. The Morgan fingerprint density at radius 3 is 2.42 bits per heavy atom. The summed E-state index contributed by atoms with van der Waals surface area (Å²) in [5.41, 5.74) is 2.06. The summed E-state index contributed by atoms with van der Waals surface area (Å²) in [7, 11) is 0. The summed E-state index contributed by atoms with van der Waals surface area (Å²) in [5, 5.41) is 0. The summed E-state index contributed by atoms with van der Waals surface area (Å²) in [6, 6.07) is 7.79. The van der Waals surface area contributed by atoms with Gasteiger partial charge in [0.2, 0.25) is 0 Å². The monoisotopic (exact) mass is 565 g/mol. The van der Waals surface area contributed by atoms with Gasteiger partial charge in [0.15, 0.2) is 0 Å². The number of pyridine rings is 2. The molecule has 0 atom stereocenters. The zero-order chi connectivity index (χ0) is 23.4. The predicted octanol–water partition coefficient (Wildman–Crippen LogP) is 4.71. The highest BCUT2D eigenvalue weighted by Crippen LogP contribution is 2.16. The minimum Gasteiger partial charge on any atom is -0.387 e. The van der Waals surface area contributed by atoms with Crippen molar-refractivity contribution in [2.45, 2.75) is 25.9 Å². The van der Waals surface area contributed by atoms with Crippen LogP contribution < -0.4 is 0 Å². The number of alkyl halides is 3. The van der Waals surface area contributed by atoms with Crippen molar-refractivity contribution < 1.29 is 32.3 Å². The number of nitrogens with zero attached hydrogens (tertiary/aromatic N) is 3. The molecule has 0 aliphatic rings. The Hall–Kier alpha value is -2.60. The van der Waals surface area contributed by atoms with Gasteiger partial charge in [-0.2, -0.15) is 13.2 Å². The number of hydrogen-bond donors (Lipinski definition) is 0. The SMILES string of the molecule is Brc1ccn2cncc2c1.CC(=O)OC(=O)C(F)(F)F.O=CCCc1cc(Br)ccn1. The number of esters is 2. The van der Waals surface area contributed by atoms with Gasteiger partial charge in [-0.3, -0.25) is 9.78 Å². The highest BCUT2D eigenvalue weighted by molar-refractivity contribution is 9.10. The Morgan fingerprint density at radius 2 is 1.87 bits per heavy atom. The Bertz CT molecular complexity index is 1030. The number of fused-ring (bicyclic) bond motifs is 1. The number of carbonyl (C=O) groups excluding carboxylic acids is 3. The third-order valence-electron chi connectivity index (χ3n) is 3.14. The van der Waals surface area contributed by atoms with Crippen LogP contribution in [0.3, 0.4) is 0 Å². The highest BCUT2D eigenvalue weighted by atomic mass is 79.9. The van der Waals surface area contributed by atoms with Gasteiger partial charge >= 0.3 is 18.1 Å². The first-order valence-corrected chi connectivity index (χ1v) is 10.0. The van der Waals surface area contributed by atoms with Crippen LogP contribution in [0.15, 0.2) is 58.1 Å². The molecule has 0 amide bonds. The lowest BCUT2D eigenvalue weighted by molar-refractivity contribution is -0.201. The molecule has 3 heterocycles. The van der Waals surface area contributed by atoms with Crippen molar-refractivity contribution in [2.24, 2.45) is 0 Å². The molecule has 0 aliphatic heterocycles. The summed E-state index contributed by atoms with van der Waals surface area (Å²) in [4.78, 5) is 37.6. The topological polar surface area (TPSA) is 90.6 Å². The maximum atomic E-state index is 11.2. The Balaban J connectivity index is 0.000000233. The van der Waals surface area contributed by atoms with Gasteiger partial charge in [0.1, 0.15) is 6.29 Å². The standard InChI is InChI=1S/C8H8BrNO.C7H5BrN2.C4H3F3O3/c9-7-3-4-10-8(6-7)2-1-5-11;8-6-1-2-10-5-9-4-7(10)3-6;1-2(8)10-3(9)4(5,6)7/h3-6H,1-2H2;1-5H;1H3. The lowest BCUT2D eigenvalue weighted by atomic mass is 10.2. The molecule has 0 aromatic carbocycles. The maximum Gasteiger partial charge on any atom is 0.491 e. The molecule has 7 nitrogen and oxygen atoms in total. The van der Waals surface area contributed by atoms with Crippen molar-refractivity contribution in [3.63, 3.8) is 0 Å². The summed E-state index contributed by atoms with van der Waals surface area (Å²) < 4.78 is 40.8. The molecule has 0 aliphatic carbocycles. The van der Waals surface area contributed by atoms with Crippen LogP contribution in [-0.4, -0.2) is 38.8 Å². The van der Waals surface area contributed by atoms with E-state index in [0.717, 1.165) is 32.9 Å². The second kappa shape index (κ2) is 13.0. The van der Waals surface area contributed by atoms with E-state index < -0.39 is 18.1 Å². The largest absolute Gasteiger partial charge is 0.491 e. The van der Waals surface area contributed by atoms with Crippen LogP contribution in [0.2, 0.25) is 0 Å². The van der Waals surface area contributed by atoms with E-state index >= 15 is 0 Å². The molecule has 0 fully saturated rings. The quantitative estimate of drug-likeness (QED) is 0.259. The first kappa shape index (κ1) is 26.4. The minimum atomic E-state index is -5.09. The van der Waals surface area contributed by atoms with Crippen molar-refractivity contribution in [1.29, 1.82) is 0 Å². The van der Waals surface area contributed by atoms with Gasteiger partial charge in [-0.25, -0.2) is 9.78 Å². The number of imidazole rings is 1. The number of carbonyl (C=O) groups is 3. The van der Waals surface area contributed by atoms with Crippen LogP contribution in [0.4, 0.5) is 13.2 Å². The Labute approximate surface area is 191 Å². The number of halogens is 5. The zero-order valence-electron chi connectivity index (χ0n) is 16.0. The van der Waals surface area contributed by atoms with E-state index in [-0.39, 0.29) is 0 Å². The Morgan fingerprint density at radius 1 is 1.19 bits per heavy atom. The van der Waals surface area contributed by atoms with E-state index in [1.165, 1.54) is 0 Å². The molecule has 0 spiro atoms. The summed E-state index contributed by atoms with van der Waals surface area (Å²) in [5.74, 6) is -3.76. The second-order valence-electron chi connectivity index (χ2n) is 5.62. The molecule has 0 radical (unpaired) electrons. The van der Waals surface area contributed by atoms with Crippen LogP contribution in [0.25, 0.3) is 5.52 Å². The number of aryl methyl sites for hydroxylation is 1. The van der Waals surface area contributed by atoms with Crippen LogP contribution >= 0.6 is 31.9 Å². The summed E-state index contributed by atoms with van der Waals surface area (Å²) in [6.07, 6.45) is 4.38. The molecular weight excluding hydrogens is 551 g/mol. The van der Waals surface area contributed by atoms with Gasteiger partial charge in [0.25, 0.3) is 0 Å². The first-order valence-electron chi connectivity index (χ1n) is 8.43. The molecule has 0 unspecified atom stereocenters. The van der Waals surface area contributed by atoms with Gasteiger partial charge in [-0.1, -0.05) is 31.9 Å². The summed E-state index contributed by atoms with van der Waals surface area (Å²) in [6.45, 7) is 0.712. The van der Waals surface area contributed by atoms with E-state index in [9.17, 15) is 27.6 Å². The molecule has 0 N–H and O–H groups in total. The fourth-order valence-corrected chi connectivity index (χ4v) is 2.61. The lowest BCUT2D eigenvalue weighted by Gasteiger charge is -2.01. The fourth-order valence-electron chi connectivity index (χ4n) is 1.87. The van der Waals surface area contributed by atoms with Crippen molar-refractivity contribution >= 4 is 55.6 Å². The number of hydrogen-bond acceptors (Lipinski definition) is 6. The predicted molar refractivity (Wildman–Crippen MR) is 112 cm³/mol. The summed E-state index contributed by atoms with van der Waals surface area (Å²) >= 11 is 6.70. The number of aromatic nitrogens is 3. The van der Waals surface area contributed by atoms with E-state index in [0.29, 0.717) is 13.3 Å². The number of ether oxygens (including phenoxy) is 1. The molecule has 12 heteroatoms. The average molecular weight is 567 g/mol. The smallest absolute Gasteiger partial charge is 0.387 e. The number of aldehydes is 1. The van der Waals surface area contributed by atoms with Crippen LogP contribution in [-0.2, 0) is 25.5 Å². The van der Waals surface area contributed by atoms with E-state index in [1.54, 1.807) is 12.5 Å².